The van der Waals surface area contributed by atoms with Crippen molar-refractivity contribution >= 4 is 0 Å². The molecule has 0 aliphatic carbocycles. The summed E-state index contributed by atoms with van der Waals surface area (Å²) in [7, 11) is 0. The summed E-state index contributed by atoms with van der Waals surface area (Å²) in [5.41, 5.74) is 6.29. The Morgan fingerprint density at radius 2 is 1.74 bits per heavy atom. The summed E-state index contributed by atoms with van der Waals surface area (Å²) >= 11 is 0. The molecule has 1 heterocycles. The zero-order valence-corrected chi connectivity index (χ0v) is 11.5. The summed E-state index contributed by atoms with van der Waals surface area (Å²) in [5, 5.41) is 9.46. The van der Waals surface area contributed by atoms with E-state index in [2.05, 4.69) is 22.8 Å². The van der Waals surface area contributed by atoms with Crippen molar-refractivity contribution in [1.82, 2.24) is 9.80 Å². The molecule has 102 valence electrons. The molecule has 2 N–H and O–H groups in total. The molecule has 0 bridgehead atoms. The molecule has 1 aliphatic rings. The molecule has 1 aromatic carbocycles. The lowest BCUT2D eigenvalue weighted by atomic mass is 9.91. The van der Waals surface area contributed by atoms with E-state index >= 15 is 0 Å². The van der Waals surface area contributed by atoms with Crippen LogP contribution in [0.2, 0.25) is 0 Å². The van der Waals surface area contributed by atoms with Crippen LogP contribution in [-0.4, -0.2) is 49.1 Å². The predicted octanol–water partition coefficient (Wildman–Crippen LogP) is 1.00. The van der Waals surface area contributed by atoms with Gasteiger partial charge in [-0.05, 0) is 12.1 Å². The molecule has 1 aliphatic heterocycles. The molecule has 1 aromatic rings. The lowest BCUT2D eigenvalue weighted by Gasteiger charge is -2.37. The zero-order valence-electron chi connectivity index (χ0n) is 11.5. The molecule has 1 atom stereocenters. The van der Waals surface area contributed by atoms with E-state index in [1.807, 2.05) is 30.3 Å². The van der Waals surface area contributed by atoms with Crippen molar-refractivity contribution in [3.63, 3.8) is 0 Å². The van der Waals surface area contributed by atoms with Gasteiger partial charge in [0.05, 0.1) is 6.07 Å². The molecule has 0 saturated carbocycles. The summed E-state index contributed by atoms with van der Waals surface area (Å²) in [6, 6.07) is 12.0. The molecular formula is C15H22N4. The number of hydrogen-bond donors (Lipinski definition) is 1. The van der Waals surface area contributed by atoms with Crippen LogP contribution in [0, 0.1) is 11.3 Å². The van der Waals surface area contributed by atoms with Crippen LogP contribution >= 0.6 is 0 Å². The van der Waals surface area contributed by atoms with Crippen molar-refractivity contribution in [2.45, 2.75) is 12.5 Å². The van der Waals surface area contributed by atoms with Crippen molar-refractivity contribution in [2.24, 2.45) is 5.73 Å². The third kappa shape index (κ3) is 3.32. The summed E-state index contributed by atoms with van der Waals surface area (Å²) in [5.74, 6) is 0. The van der Waals surface area contributed by atoms with Crippen molar-refractivity contribution < 1.29 is 0 Å². The molecular weight excluding hydrogens is 236 g/mol. The van der Waals surface area contributed by atoms with Crippen LogP contribution in [0.1, 0.15) is 12.5 Å². The maximum Gasteiger partial charge on any atom is 0.142 e. The first-order valence-corrected chi connectivity index (χ1v) is 6.88. The lowest BCUT2D eigenvalue weighted by Crippen LogP contribution is -2.53. The Kier molecular flexibility index (Phi) is 4.54. The Bertz CT molecular complexity index is 431. The molecule has 4 nitrogen and oxygen atoms in total. The Labute approximate surface area is 115 Å². The number of rotatable bonds is 4. The van der Waals surface area contributed by atoms with Gasteiger partial charge in [0, 0.05) is 32.7 Å². The zero-order chi connectivity index (χ0) is 13.7. The summed E-state index contributed by atoms with van der Waals surface area (Å²) in [4.78, 5) is 4.71. The van der Waals surface area contributed by atoms with E-state index in [1.54, 1.807) is 0 Å². The Morgan fingerprint density at radius 1 is 1.16 bits per heavy atom. The van der Waals surface area contributed by atoms with Gasteiger partial charge in [-0.1, -0.05) is 37.3 Å². The second kappa shape index (κ2) is 6.16. The van der Waals surface area contributed by atoms with Crippen molar-refractivity contribution in [2.75, 3.05) is 39.3 Å². The van der Waals surface area contributed by atoms with Crippen molar-refractivity contribution in [1.29, 1.82) is 5.26 Å². The van der Waals surface area contributed by atoms with E-state index in [-0.39, 0.29) is 0 Å². The molecule has 1 fully saturated rings. The average molecular weight is 258 g/mol. The van der Waals surface area contributed by atoms with Crippen molar-refractivity contribution in [3.05, 3.63) is 35.9 Å². The predicted molar refractivity (Wildman–Crippen MR) is 76.5 cm³/mol. The normalized spacial score (nSPS) is 20.7. The monoisotopic (exact) mass is 258 g/mol. The van der Waals surface area contributed by atoms with Gasteiger partial charge in [0.1, 0.15) is 5.54 Å². The van der Waals surface area contributed by atoms with Gasteiger partial charge in [-0.2, -0.15) is 5.26 Å². The van der Waals surface area contributed by atoms with Crippen LogP contribution in [0.15, 0.2) is 30.3 Å². The second-order valence-electron chi connectivity index (χ2n) is 5.16. The first kappa shape index (κ1) is 14.0. The van der Waals surface area contributed by atoms with Crippen LogP contribution < -0.4 is 5.73 Å². The summed E-state index contributed by atoms with van der Waals surface area (Å²) in [6.07, 6.45) is 0. The highest BCUT2D eigenvalue weighted by Crippen LogP contribution is 2.19. The van der Waals surface area contributed by atoms with Crippen LogP contribution in [-0.2, 0) is 5.54 Å². The van der Waals surface area contributed by atoms with Crippen LogP contribution in [0.3, 0.4) is 0 Å². The fourth-order valence-electron chi connectivity index (χ4n) is 2.54. The molecule has 19 heavy (non-hydrogen) atoms. The van der Waals surface area contributed by atoms with Gasteiger partial charge < -0.3 is 10.6 Å². The Morgan fingerprint density at radius 3 is 2.26 bits per heavy atom. The SMILES string of the molecule is CCN1CCN(CC(N)(C#N)c2ccccc2)CC1. The first-order chi connectivity index (χ1) is 9.18. The number of hydrogen-bond acceptors (Lipinski definition) is 4. The summed E-state index contributed by atoms with van der Waals surface area (Å²) in [6.45, 7) is 7.98. The Balaban J connectivity index is 2.02. The van der Waals surface area contributed by atoms with E-state index in [1.165, 1.54) is 0 Å². The molecule has 1 saturated heterocycles. The Hall–Kier alpha value is -1.41. The number of benzene rings is 1. The number of nitriles is 1. The van der Waals surface area contributed by atoms with E-state index in [9.17, 15) is 5.26 Å². The van der Waals surface area contributed by atoms with E-state index in [0.717, 1.165) is 38.3 Å². The van der Waals surface area contributed by atoms with Gasteiger partial charge in [0.15, 0.2) is 0 Å². The lowest BCUT2D eigenvalue weighted by molar-refractivity contribution is 0.123. The van der Waals surface area contributed by atoms with E-state index in [0.29, 0.717) is 6.54 Å². The number of nitrogens with zero attached hydrogens (tertiary/aromatic N) is 3. The number of likely N-dealkylation sites (N-methyl/N-ethyl adjacent to an activating group) is 1. The molecule has 0 aromatic heterocycles. The molecule has 1 unspecified atom stereocenters. The van der Waals surface area contributed by atoms with Gasteiger partial charge in [-0.15, -0.1) is 0 Å². The third-order valence-corrected chi connectivity index (χ3v) is 3.87. The molecule has 0 amide bonds. The fraction of sp³-hybridized carbons (Fsp3) is 0.533. The van der Waals surface area contributed by atoms with E-state index < -0.39 is 5.54 Å². The van der Waals surface area contributed by atoms with Crippen LogP contribution in [0.5, 0.6) is 0 Å². The van der Waals surface area contributed by atoms with Gasteiger partial charge in [-0.25, -0.2) is 0 Å². The fourth-order valence-corrected chi connectivity index (χ4v) is 2.54. The highest BCUT2D eigenvalue weighted by Gasteiger charge is 2.31. The standard InChI is InChI=1S/C15H22N4/c1-2-18-8-10-19(11-9-18)13-15(17,12-16)14-6-4-3-5-7-14/h3-7H,2,8-11,13,17H2,1H3. The molecule has 0 spiro atoms. The van der Waals surface area contributed by atoms with Gasteiger partial charge in [0.25, 0.3) is 0 Å². The molecule has 2 rings (SSSR count). The minimum atomic E-state index is -0.907. The number of piperazine rings is 1. The largest absolute Gasteiger partial charge is 0.309 e. The topological polar surface area (TPSA) is 56.3 Å². The number of nitrogens with two attached hydrogens (primary N) is 1. The third-order valence-electron chi connectivity index (χ3n) is 3.87. The smallest absolute Gasteiger partial charge is 0.142 e. The van der Waals surface area contributed by atoms with E-state index in [4.69, 9.17) is 5.73 Å². The van der Waals surface area contributed by atoms with Gasteiger partial charge in [0.2, 0.25) is 0 Å². The molecule has 0 radical (unpaired) electrons. The quantitative estimate of drug-likeness (QED) is 0.875. The van der Waals surface area contributed by atoms with Crippen molar-refractivity contribution in [3.8, 4) is 6.07 Å². The maximum atomic E-state index is 9.46. The first-order valence-electron chi connectivity index (χ1n) is 6.88. The second-order valence-corrected chi connectivity index (χ2v) is 5.16. The minimum Gasteiger partial charge on any atom is -0.309 e. The maximum absolute atomic E-state index is 9.46. The molecule has 4 heteroatoms. The average Bonchev–Trinajstić information content (AvgIpc) is 2.49. The van der Waals surface area contributed by atoms with Crippen LogP contribution in [0.4, 0.5) is 0 Å². The van der Waals surface area contributed by atoms with Crippen LogP contribution in [0.25, 0.3) is 0 Å². The minimum absolute atomic E-state index is 0.602. The highest BCUT2D eigenvalue weighted by molar-refractivity contribution is 5.31. The summed E-state index contributed by atoms with van der Waals surface area (Å²) < 4.78 is 0. The highest BCUT2D eigenvalue weighted by atomic mass is 15.3. The van der Waals surface area contributed by atoms with Gasteiger partial charge in [-0.3, -0.25) is 4.90 Å². The van der Waals surface area contributed by atoms with Gasteiger partial charge >= 0.3 is 0 Å².